The van der Waals surface area contributed by atoms with E-state index in [9.17, 15) is 0 Å². The van der Waals surface area contributed by atoms with Crippen LogP contribution in [-0.4, -0.2) is 4.57 Å². The second-order valence-electron chi connectivity index (χ2n) is 6.01. The summed E-state index contributed by atoms with van der Waals surface area (Å²) in [4.78, 5) is 0. The minimum atomic E-state index is 0.928. The van der Waals surface area contributed by atoms with Crippen LogP contribution in [0.1, 0.15) is 28.2 Å². The van der Waals surface area contributed by atoms with E-state index in [4.69, 9.17) is 0 Å². The van der Waals surface area contributed by atoms with E-state index >= 15 is 0 Å². The first kappa shape index (κ1) is 14.6. The highest BCUT2D eigenvalue weighted by Crippen LogP contribution is 2.12. The molecule has 3 rings (SSSR count). The molecule has 2 aromatic heterocycles. The van der Waals surface area contributed by atoms with Crippen molar-refractivity contribution in [2.24, 2.45) is 7.05 Å². The second-order valence-corrected chi connectivity index (χ2v) is 6.01. The summed E-state index contributed by atoms with van der Waals surface area (Å²) in [6.07, 6.45) is 3.13. The zero-order chi connectivity index (χ0) is 15.5. The van der Waals surface area contributed by atoms with Gasteiger partial charge in [0.2, 0.25) is 0 Å². The molecular weight excluding hydrogens is 268 g/mol. The molecule has 0 saturated carbocycles. The third kappa shape index (κ3) is 3.11. The van der Waals surface area contributed by atoms with Gasteiger partial charge in [-0.1, -0.05) is 30.3 Å². The fourth-order valence-electron chi connectivity index (χ4n) is 2.95. The van der Waals surface area contributed by atoms with E-state index in [1.165, 1.54) is 28.2 Å². The molecule has 0 N–H and O–H groups in total. The molecule has 1 aromatic carbocycles. The summed E-state index contributed by atoms with van der Waals surface area (Å²) in [7, 11) is 2.15. The monoisotopic (exact) mass is 291 g/mol. The summed E-state index contributed by atoms with van der Waals surface area (Å²) < 4.78 is 4.62. The van der Waals surface area contributed by atoms with Crippen molar-refractivity contribution in [1.29, 1.82) is 0 Å². The maximum absolute atomic E-state index is 2.34. The summed E-state index contributed by atoms with van der Waals surface area (Å²) in [6, 6.07) is 19.5. The highest BCUT2D eigenvalue weighted by molar-refractivity contribution is 5.22. The average molecular weight is 291 g/mol. The van der Waals surface area contributed by atoms with Crippen molar-refractivity contribution in [3.8, 4) is 0 Å². The molecule has 0 radical (unpaired) electrons. The van der Waals surface area contributed by atoms with E-state index in [-0.39, 0.29) is 0 Å². The highest BCUT2D eigenvalue weighted by atomic mass is 15.0. The van der Waals surface area contributed by atoms with Gasteiger partial charge in [-0.3, -0.25) is 0 Å². The molecule has 0 amide bonds. The SMILES string of the molecule is Cc1cc(C)[n+](C)c(Cc2cccn2Cc2ccccc2)c1. The molecule has 0 unspecified atom stereocenters. The zero-order valence-corrected chi connectivity index (χ0v) is 13.6. The average Bonchev–Trinajstić information content (AvgIpc) is 2.92. The van der Waals surface area contributed by atoms with Crippen molar-refractivity contribution in [3.05, 3.63) is 89.0 Å². The van der Waals surface area contributed by atoms with Crippen LogP contribution in [0, 0.1) is 13.8 Å². The summed E-state index contributed by atoms with van der Waals surface area (Å²) in [5.41, 5.74) is 6.67. The van der Waals surface area contributed by atoms with E-state index in [1.807, 2.05) is 0 Å². The van der Waals surface area contributed by atoms with Gasteiger partial charge in [-0.15, -0.1) is 0 Å². The third-order valence-electron chi connectivity index (χ3n) is 4.27. The number of aryl methyl sites for hydroxylation is 2. The molecular formula is C20H23N2+. The number of aromatic nitrogens is 2. The molecule has 2 nitrogen and oxygen atoms in total. The summed E-state index contributed by atoms with van der Waals surface area (Å²) in [5, 5.41) is 0. The van der Waals surface area contributed by atoms with Gasteiger partial charge in [0.15, 0.2) is 11.4 Å². The molecule has 3 aromatic rings. The Bertz CT molecular complexity index is 770. The first-order valence-corrected chi connectivity index (χ1v) is 7.77. The number of hydrogen-bond acceptors (Lipinski definition) is 0. The van der Waals surface area contributed by atoms with Gasteiger partial charge < -0.3 is 4.57 Å². The van der Waals surface area contributed by atoms with Crippen LogP contribution in [0.25, 0.3) is 0 Å². The minimum absolute atomic E-state index is 0.928. The Hall–Kier alpha value is -2.35. The fourth-order valence-corrected chi connectivity index (χ4v) is 2.95. The van der Waals surface area contributed by atoms with Crippen LogP contribution >= 0.6 is 0 Å². The van der Waals surface area contributed by atoms with Crippen LogP contribution in [0.5, 0.6) is 0 Å². The van der Waals surface area contributed by atoms with Crippen molar-refractivity contribution in [1.82, 2.24) is 4.57 Å². The van der Waals surface area contributed by atoms with Gasteiger partial charge in [0.05, 0.1) is 6.42 Å². The number of pyridine rings is 1. The summed E-state index contributed by atoms with van der Waals surface area (Å²) >= 11 is 0. The lowest BCUT2D eigenvalue weighted by atomic mass is 10.1. The fraction of sp³-hybridized carbons (Fsp3) is 0.250. The molecule has 0 atom stereocenters. The second kappa shape index (κ2) is 6.18. The Labute approximate surface area is 132 Å². The van der Waals surface area contributed by atoms with Gasteiger partial charge in [0, 0.05) is 37.5 Å². The largest absolute Gasteiger partial charge is 0.347 e. The van der Waals surface area contributed by atoms with Crippen molar-refractivity contribution in [2.75, 3.05) is 0 Å². The van der Waals surface area contributed by atoms with Crippen LogP contribution in [0.3, 0.4) is 0 Å². The lowest BCUT2D eigenvalue weighted by molar-refractivity contribution is -0.684. The molecule has 0 spiro atoms. The Morgan fingerprint density at radius 2 is 1.73 bits per heavy atom. The lowest BCUT2D eigenvalue weighted by Crippen LogP contribution is -2.37. The molecule has 0 bridgehead atoms. The molecule has 2 heterocycles. The first-order valence-electron chi connectivity index (χ1n) is 7.77. The first-order chi connectivity index (χ1) is 10.6. The maximum Gasteiger partial charge on any atom is 0.187 e. The molecule has 0 aliphatic carbocycles. The van der Waals surface area contributed by atoms with Gasteiger partial charge in [0.25, 0.3) is 0 Å². The van der Waals surface area contributed by atoms with Gasteiger partial charge in [-0.25, -0.2) is 4.57 Å². The van der Waals surface area contributed by atoms with E-state index in [0.717, 1.165) is 13.0 Å². The zero-order valence-electron chi connectivity index (χ0n) is 13.6. The maximum atomic E-state index is 2.34. The predicted octanol–water partition coefficient (Wildman–Crippen LogP) is 3.57. The summed E-state index contributed by atoms with van der Waals surface area (Å²) in [5.74, 6) is 0. The number of benzene rings is 1. The minimum Gasteiger partial charge on any atom is -0.347 e. The smallest absolute Gasteiger partial charge is 0.187 e. The standard InChI is InChI=1S/C20H23N2/c1-16-12-17(2)21(3)20(13-16)14-19-10-7-11-22(19)15-18-8-5-4-6-9-18/h4-13H,14-15H2,1-3H3/q+1. The van der Waals surface area contributed by atoms with Gasteiger partial charge in [-0.05, 0) is 30.2 Å². The van der Waals surface area contributed by atoms with Crippen LogP contribution in [0.15, 0.2) is 60.8 Å². The van der Waals surface area contributed by atoms with Crippen LogP contribution in [0.4, 0.5) is 0 Å². The van der Waals surface area contributed by atoms with E-state index in [2.05, 4.69) is 90.8 Å². The Kier molecular flexibility index (Phi) is 4.10. The molecule has 2 heteroatoms. The van der Waals surface area contributed by atoms with Crippen molar-refractivity contribution < 1.29 is 4.57 Å². The number of rotatable bonds is 4. The predicted molar refractivity (Wildman–Crippen MR) is 89.9 cm³/mol. The molecule has 0 aliphatic rings. The molecule has 0 saturated heterocycles. The summed E-state index contributed by atoms with van der Waals surface area (Å²) in [6.45, 7) is 5.26. The molecule has 112 valence electrons. The van der Waals surface area contributed by atoms with E-state index in [1.54, 1.807) is 0 Å². The van der Waals surface area contributed by atoms with E-state index in [0.29, 0.717) is 0 Å². The van der Waals surface area contributed by atoms with Gasteiger partial charge in [-0.2, -0.15) is 0 Å². The Morgan fingerprint density at radius 3 is 2.50 bits per heavy atom. The number of hydrogen-bond donors (Lipinski definition) is 0. The van der Waals surface area contributed by atoms with Crippen LogP contribution in [-0.2, 0) is 20.0 Å². The van der Waals surface area contributed by atoms with Crippen molar-refractivity contribution >= 4 is 0 Å². The highest BCUT2D eigenvalue weighted by Gasteiger charge is 2.13. The normalized spacial score (nSPS) is 10.9. The van der Waals surface area contributed by atoms with Crippen molar-refractivity contribution in [2.45, 2.75) is 26.8 Å². The van der Waals surface area contributed by atoms with Gasteiger partial charge >= 0.3 is 0 Å². The topological polar surface area (TPSA) is 8.81 Å². The van der Waals surface area contributed by atoms with Crippen LogP contribution < -0.4 is 4.57 Å². The quantitative estimate of drug-likeness (QED) is 0.650. The molecule has 0 aliphatic heterocycles. The van der Waals surface area contributed by atoms with Crippen LogP contribution in [0.2, 0.25) is 0 Å². The third-order valence-corrected chi connectivity index (χ3v) is 4.27. The van der Waals surface area contributed by atoms with Crippen molar-refractivity contribution in [3.63, 3.8) is 0 Å². The molecule has 22 heavy (non-hydrogen) atoms. The Balaban J connectivity index is 1.87. The van der Waals surface area contributed by atoms with E-state index < -0.39 is 0 Å². The number of nitrogens with zero attached hydrogens (tertiary/aromatic N) is 2. The van der Waals surface area contributed by atoms with Gasteiger partial charge in [0.1, 0.15) is 7.05 Å². The molecule has 0 fully saturated rings. The Morgan fingerprint density at radius 1 is 0.955 bits per heavy atom. The lowest BCUT2D eigenvalue weighted by Gasteiger charge is -2.10.